The number of benzene rings is 9. The number of rotatable bonds is 6. The highest BCUT2D eigenvalue weighted by Gasteiger charge is 2.16. The van der Waals surface area contributed by atoms with Crippen molar-refractivity contribution in [2.75, 3.05) is 0 Å². The van der Waals surface area contributed by atoms with E-state index in [1.807, 2.05) is 0 Å². The molecule has 12 aromatic rings. The fourth-order valence-corrected chi connectivity index (χ4v) is 9.79. The van der Waals surface area contributed by atoms with Crippen LogP contribution >= 0.6 is 0 Å². The highest BCUT2D eigenvalue weighted by Crippen LogP contribution is 2.36. The summed E-state index contributed by atoms with van der Waals surface area (Å²) >= 11 is 0. The molecule has 0 N–H and O–H groups in total. The van der Waals surface area contributed by atoms with Crippen molar-refractivity contribution in [2.24, 2.45) is 0 Å². The standard InChI is InChI=1S/3C21H19N.CH4/c1-15(2)16-9-3-6-12-19(16)22-20-13-7-4-10-17(20)18-11-5-8-14-21(18)22;1-15(2)16-8-7-9-17(14-16)22-20-12-5-3-10-18(20)19-11-4-6-13-21(19)22;1-15(2)16-11-13-17(14-12-16)22-20-9-5-3-7-18(20)19-8-4-6-10-21(19)22;/h3*3-15H,1-2H3;1H4. The minimum atomic E-state index is 0. The zero-order valence-electron chi connectivity index (χ0n) is 38.9. The van der Waals surface area contributed by atoms with Crippen LogP contribution in [0.25, 0.3) is 82.5 Å². The van der Waals surface area contributed by atoms with E-state index < -0.39 is 0 Å². The fourth-order valence-electron chi connectivity index (χ4n) is 9.79. The summed E-state index contributed by atoms with van der Waals surface area (Å²) in [5, 5.41) is 7.88. The zero-order valence-corrected chi connectivity index (χ0v) is 38.9. The highest BCUT2D eigenvalue weighted by atomic mass is 15.0. The maximum absolute atomic E-state index is 2.40. The molecule has 0 saturated heterocycles. The number of nitrogens with zero attached hydrogens (tertiary/aromatic N) is 3. The molecule has 0 bridgehead atoms. The van der Waals surface area contributed by atoms with Gasteiger partial charge >= 0.3 is 0 Å². The number of fused-ring (bicyclic) bond motifs is 9. The van der Waals surface area contributed by atoms with Gasteiger partial charge in [-0.3, -0.25) is 0 Å². The van der Waals surface area contributed by atoms with Gasteiger partial charge in [0.25, 0.3) is 0 Å². The molecule has 0 aliphatic carbocycles. The number of hydrogen-bond acceptors (Lipinski definition) is 0. The van der Waals surface area contributed by atoms with Gasteiger partial charge in [0, 0.05) is 49.4 Å². The van der Waals surface area contributed by atoms with Crippen LogP contribution in [-0.2, 0) is 0 Å². The smallest absolute Gasteiger partial charge is 0.0541 e. The van der Waals surface area contributed by atoms with E-state index in [1.54, 1.807) is 0 Å². The maximum atomic E-state index is 2.40. The van der Waals surface area contributed by atoms with Crippen molar-refractivity contribution in [2.45, 2.75) is 66.7 Å². The number of aromatic nitrogens is 3. The van der Waals surface area contributed by atoms with Gasteiger partial charge in [0.15, 0.2) is 0 Å². The number of hydrogen-bond donors (Lipinski definition) is 0. The van der Waals surface area contributed by atoms with Gasteiger partial charge in [0.05, 0.1) is 33.1 Å². The van der Waals surface area contributed by atoms with Crippen LogP contribution in [0.2, 0.25) is 0 Å². The van der Waals surface area contributed by atoms with Crippen molar-refractivity contribution >= 4 is 65.4 Å². The van der Waals surface area contributed by atoms with Gasteiger partial charge < -0.3 is 13.7 Å². The van der Waals surface area contributed by atoms with Gasteiger partial charge in [-0.05, 0) is 101 Å². The summed E-state index contributed by atoms with van der Waals surface area (Å²) in [5.41, 5.74) is 15.5. The molecule has 3 aromatic heterocycles. The molecule has 0 aliphatic heterocycles. The molecular weight excluding hydrogens is 811 g/mol. The Kier molecular flexibility index (Phi) is 12.7. The second kappa shape index (κ2) is 19.1. The van der Waals surface area contributed by atoms with Gasteiger partial charge in [-0.2, -0.15) is 0 Å². The van der Waals surface area contributed by atoms with E-state index in [0.29, 0.717) is 17.8 Å². The Morgan fingerprint density at radius 3 is 1.00 bits per heavy atom. The predicted octanol–water partition coefficient (Wildman–Crippen LogP) is 18.4. The zero-order chi connectivity index (χ0) is 45.3. The molecule has 0 saturated carbocycles. The average molecular weight is 872 g/mol. The predicted molar refractivity (Wildman–Crippen MR) is 291 cm³/mol. The SMILES string of the molecule is C.CC(C)c1ccc(-n2c3ccccc3c3ccccc32)cc1.CC(C)c1cccc(-n2c3ccccc3c3ccccc32)c1.CC(C)c1ccccc1-n1c2ccccc2c2ccccc21. The largest absolute Gasteiger partial charge is 0.309 e. The topological polar surface area (TPSA) is 14.8 Å². The van der Waals surface area contributed by atoms with Crippen LogP contribution in [0.3, 0.4) is 0 Å². The third-order valence-electron chi connectivity index (χ3n) is 13.2. The summed E-state index contributed by atoms with van der Waals surface area (Å²) < 4.78 is 7.13. The average Bonchev–Trinajstić information content (AvgIpc) is 4.00. The third-order valence-corrected chi connectivity index (χ3v) is 13.2. The molecule has 0 amide bonds. The van der Waals surface area contributed by atoms with Crippen molar-refractivity contribution in [3.05, 3.63) is 235 Å². The van der Waals surface area contributed by atoms with Gasteiger partial charge in [-0.25, -0.2) is 0 Å². The van der Waals surface area contributed by atoms with Crippen LogP contribution in [-0.4, -0.2) is 13.7 Å². The molecule has 0 fully saturated rings. The van der Waals surface area contributed by atoms with Crippen molar-refractivity contribution < 1.29 is 0 Å². The first-order chi connectivity index (χ1) is 32.3. The molecule has 0 unspecified atom stereocenters. The molecule has 3 nitrogen and oxygen atoms in total. The molecule has 332 valence electrons. The summed E-state index contributed by atoms with van der Waals surface area (Å²) in [5.74, 6) is 1.59. The normalized spacial score (nSPS) is 11.4. The Hall–Kier alpha value is -7.62. The first kappa shape index (κ1) is 44.6. The van der Waals surface area contributed by atoms with E-state index >= 15 is 0 Å². The van der Waals surface area contributed by atoms with Gasteiger partial charge in [-0.1, -0.05) is 201 Å². The third kappa shape index (κ3) is 8.32. The molecule has 0 aliphatic rings. The van der Waals surface area contributed by atoms with Crippen LogP contribution in [0.1, 0.15) is 83.4 Å². The van der Waals surface area contributed by atoms with Crippen molar-refractivity contribution in [1.29, 1.82) is 0 Å². The Bertz CT molecular complexity index is 3470. The molecule has 0 radical (unpaired) electrons. The lowest BCUT2D eigenvalue weighted by molar-refractivity contribution is 0.854. The first-order valence-corrected chi connectivity index (χ1v) is 23.5. The van der Waals surface area contributed by atoms with Crippen LogP contribution in [0, 0.1) is 0 Å². The summed E-state index contributed by atoms with van der Waals surface area (Å²) in [6.45, 7) is 13.5. The summed E-state index contributed by atoms with van der Waals surface area (Å²) in [6, 6.07) is 78.4. The summed E-state index contributed by atoms with van der Waals surface area (Å²) in [4.78, 5) is 0. The van der Waals surface area contributed by atoms with Crippen LogP contribution < -0.4 is 0 Å². The Balaban J connectivity index is 0.000000125. The highest BCUT2D eigenvalue weighted by molar-refractivity contribution is 6.11. The van der Waals surface area contributed by atoms with E-state index in [-0.39, 0.29) is 7.43 Å². The van der Waals surface area contributed by atoms with Crippen molar-refractivity contribution in [1.82, 2.24) is 13.7 Å². The minimum absolute atomic E-state index is 0. The van der Waals surface area contributed by atoms with Crippen LogP contribution in [0.15, 0.2) is 218 Å². The minimum Gasteiger partial charge on any atom is -0.309 e. The van der Waals surface area contributed by atoms with E-state index in [4.69, 9.17) is 0 Å². The van der Waals surface area contributed by atoms with Crippen LogP contribution in [0.4, 0.5) is 0 Å². The van der Waals surface area contributed by atoms with Gasteiger partial charge in [0.1, 0.15) is 0 Å². The van der Waals surface area contributed by atoms with Gasteiger partial charge in [-0.15, -0.1) is 0 Å². The quantitative estimate of drug-likeness (QED) is 0.158. The monoisotopic (exact) mass is 871 g/mol. The molecule has 0 spiro atoms. The molecule has 67 heavy (non-hydrogen) atoms. The van der Waals surface area contributed by atoms with E-state index in [9.17, 15) is 0 Å². The molecule has 0 atom stereocenters. The number of para-hydroxylation sites is 7. The van der Waals surface area contributed by atoms with Gasteiger partial charge in [0.2, 0.25) is 0 Å². The van der Waals surface area contributed by atoms with Crippen LogP contribution in [0.5, 0.6) is 0 Å². The second-order valence-electron chi connectivity index (χ2n) is 18.3. The lowest BCUT2D eigenvalue weighted by atomic mass is 10.0. The Labute approximate surface area is 396 Å². The summed E-state index contributed by atoms with van der Waals surface area (Å²) in [6.07, 6.45) is 0. The fraction of sp³-hybridized carbons (Fsp3) is 0.156. The molecule has 9 aromatic carbocycles. The lowest BCUT2D eigenvalue weighted by Gasteiger charge is -2.15. The lowest BCUT2D eigenvalue weighted by Crippen LogP contribution is -2.00. The Morgan fingerprint density at radius 1 is 0.269 bits per heavy atom. The maximum Gasteiger partial charge on any atom is 0.0541 e. The van der Waals surface area contributed by atoms with Crippen molar-refractivity contribution in [3.63, 3.8) is 0 Å². The molecular formula is C64H61N3. The molecule has 12 rings (SSSR count). The first-order valence-electron chi connectivity index (χ1n) is 23.5. The molecule has 3 heteroatoms. The van der Waals surface area contributed by atoms with E-state index in [2.05, 4.69) is 274 Å². The van der Waals surface area contributed by atoms with E-state index in [1.165, 1.54) is 99.2 Å². The van der Waals surface area contributed by atoms with Crippen molar-refractivity contribution in [3.8, 4) is 17.1 Å². The molecule has 3 heterocycles. The Morgan fingerprint density at radius 2 is 0.612 bits per heavy atom. The summed E-state index contributed by atoms with van der Waals surface area (Å²) in [7, 11) is 0. The van der Waals surface area contributed by atoms with E-state index in [0.717, 1.165) is 0 Å². The second-order valence-corrected chi connectivity index (χ2v) is 18.3.